The third-order valence-corrected chi connectivity index (χ3v) is 3.31. The molecule has 19 heavy (non-hydrogen) atoms. The highest BCUT2D eigenvalue weighted by Gasteiger charge is 2.14. The van der Waals surface area contributed by atoms with Gasteiger partial charge in [-0.05, 0) is 41.9 Å². The van der Waals surface area contributed by atoms with Gasteiger partial charge in [-0.2, -0.15) is 0 Å². The third kappa shape index (κ3) is 4.40. The highest BCUT2D eigenvalue weighted by molar-refractivity contribution is 9.10. The number of amidine groups is 1. The van der Waals surface area contributed by atoms with Crippen LogP contribution in [-0.2, 0) is 4.74 Å². The van der Waals surface area contributed by atoms with E-state index in [9.17, 15) is 0 Å². The van der Waals surface area contributed by atoms with E-state index in [0.717, 1.165) is 16.7 Å². The second-order valence-corrected chi connectivity index (χ2v) is 5.31. The van der Waals surface area contributed by atoms with Crippen LogP contribution in [0.5, 0.6) is 0 Å². The molecule has 0 aliphatic carbocycles. The van der Waals surface area contributed by atoms with Crippen LogP contribution >= 0.6 is 15.9 Å². The minimum atomic E-state index is 0.0825. The van der Waals surface area contributed by atoms with Gasteiger partial charge in [0.15, 0.2) is 5.84 Å². The summed E-state index contributed by atoms with van der Waals surface area (Å²) >= 11 is 3.42. The van der Waals surface area contributed by atoms with Crippen LogP contribution in [0.3, 0.4) is 0 Å². The van der Waals surface area contributed by atoms with Gasteiger partial charge in [0, 0.05) is 23.8 Å². The predicted molar refractivity (Wildman–Crippen MR) is 81.0 cm³/mol. The number of nitrogens with two attached hydrogens (primary N) is 1. The number of hydrogen-bond acceptors (Lipinski definition) is 4. The molecule has 106 valence electrons. The molecule has 0 saturated heterocycles. The van der Waals surface area contributed by atoms with E-state index in [-0.39, 0.29) is 11.9 Å². The average Bonchev–Trinajstić information content (AvgIpc) is 2.37. The van der Waals surface area contributed by atoms with E-state index in [1.807, 2.05) is 44.0 Å². The molecule has 0 amide bonds. The third-order valence-electron chi connectivity index (χ3n) is 2.64. The Kier molecular flexibility index (Phi) is 6.11. The normalized spacial score (nSPS) is 11.9. The lowest BCUT2D eigenvalue weighted by molar-refractivity contribution is 0.0846. The molecule has 3 N–H and O–H groups in total. The first-order chi connectivity index (χ1) is 8.97. The molecule has 0 unspecified atom stereocenters. The molecular weight excluding hydrogens is 310 g/mol. The summed E-state index contributed by atoms with van der Waals surface area (Å²) in [5.41, 5.74) is 7.29. The van der Waals surface area contributed by atoms with Crippen LogP contribution in [0.1, 0.15) is 19.4 Å². The Morgan fingerprint density at radius 2 is 2.21 bits per heavy atom. The van der Waals surface area contributed by atoms with E-state index in [0.29, 0.717) is 12.2 Å². The van der Waals surface area contributed by atoms with Crippen LogP contribution in [0.2, 0.25) is 0 Å². The highest BCUT2D eigenvalue weighted by atomic mass is 79.9. The Bertz CT molecular complexity index is 450. The Morgan fingerprint density at radius 3 is 2.79 bits per heavy atom. The Morgan fingerprint density at radius 1 is 1.53 bits per heavy atom. The maximum Gasteiger partial charge on any atom is 0.173 e. The Labute approximate surface area is 122 Å². The number of ether oxygens (including phenoxy) is 1. The van der Waals surface area contributed by atoms with Crippen LogP contribution in [0.4, 0.5) is 5.69 Å². The molecule has 1 aromatic carbocycles. The smallest absolute Gasteiger partial charge is 0.173 e. The molecule has 0 fully saturated rings. The summed E-state index contributed by atoms with van der Waals surface area (Å²) in [6.45, 7) is 5.35. The second kappa shape index (κ2) is 7.35. The van der Waals surface area contributed by atoms with E-state index in [1.165, 1.54) is 0 Å². The minimum Gasteiger partial charge on any atom is -0.409 e. The number of benzene rings is 1. The maximum absolute atomic E-state index is 8.87. The Hall–Kier alpha value is -1.27. The van der Waals surface area contributed by atoms with Crippen molar-refractivity contribution in [3.8, 4) is 0 Å². The lowest BCUT2D eigenvalue weighted by Crippen LogP contribution is -2.27. The van der Waals surface area contributed by atoms with Crippen LogP contribution in [-0.4, -0.2) is 37.3 Å². The summed E-state index contributed by atoms with van der Waals surface area (Å²) in [6, 6.07) is 5.69. The number of nitrogens with zero attached hydrogens (tertiary/aromatic N) is 2. The van der Waals surface area contributed by atoms with Gasteiger partial charge in [-0.3, -0.25) is 0 Å². The van der Waals surface area contributed by atoms with E-state index >= 15 is 0 Å². The van der Waals surface area contributed by atoms with Crippen molar-refractivity contribution in [1.82, 2.24) is 0 Å². The molecular formula is C13H20BrN3O2. The molecule has 0 atom stereocenters. The molecule has 0 heterocycles. The van der Waals surface area contributed by atoms with Crippen LogP contribution in [0.15, 0.2) is 27.8 Å². The van der Waals surface area contributed by atoms with E-state index in [1.54, 1.807) is 0 Å². The van der Waals surface area contributed by atoms with Crippen LogP contribution in [0, 0.1) is 0 Å². The van der Waals surface area contributed by atoms with Crippen molar-refractivity contribution in [2.24, 2.45) is 10.9 Å². The summed E-state index contributed by atoms with van der Waals surface area (Å²) in [6.07, 6.45) is 0.208. The van der Waals surface area contributed by atoms with Crippen LogP contribution in [0.25, 0.3) is 0 Å². The van der Waals surface area contributed by atoms with Crippen molar-refractivity contribution in [3.05, 3.63) is 28.2 Å². The molecule has 5 nitrogen and oxygen atoms in total. The van der Waals surface area contributed by atoms with Crippen molar-refractivity contribution < 1.29 is 9.94 Å². The quantitative estimate of drug-likeness (QED) is 0.364. The summed E-state index contributed by atoms with van der Waals surface area (Å²) in [7, 11) is 1.94. The largest absolute Gasteiger partial charge is 0.409 e. The molecule has 0 aliphatic rings. The number of halogens is 1. The van der Waals surface area contributed by atoms with E-state index in [4.69, 9.17) is 15.7 Å². The zero-order valence-corrected chi connectivity index (χ0v) is 13.0. The van der Waals surface area contributed by atoms with Crippen molar-refractivity contribution in [1.29, 1.82) is 0 Å². The number of oxime groups is 1. The maximum atomic E-state index is 8.87. The Balaban J connectivity index is 2.90. The number of likely N-dealkylation sites (N-methyl/N-ethyl adjacent to an activating group) is 1. The summed E-state index contributed by atoms with van der Waals surface area (Å²) < 4.78 is 6.32. The van der Waals surface area contributed by atoms with Crippen molar-refractivity contribution in [2.75, 3.05) is 25.1 Å². The summed E-state index contributed by atoms with van der Waals surface area (Å²) in [5, 5.41) is 11.9. The van der Waals surface area contributed by atoms with Gasteiger partial charge in [0.25, 0.3) is 0 Å². The van der Waals surface area contributed by atoms with Gasteiger partial charge >= 0.3 is 0 Å². The molecule has 0 aliphatic heterocycles. The zero-order valence-electron chi connectivity index (χ0n) is 11.4. The molecule has 6 heteroatoms. The fraction of sp³-hybridized carbons (Fsp3) is 0.462. The fourth-order valence-electron chi connectivity index (χ4n) is 1.68. The first kappa shape index (κ1) is 15.8. The molecule has 0 spiro atoms. The monoisotopic (exact) mass is 329 g/mol. The zero-order chi connectivity index (χ0) is 14.4. The summed E-state index contributed by atoms with van der Waals surface area (Å²) in [4.78, 5) is 2.01. The van der Waals surface area contributed by atoms with Gasteiger partial charge in [-0.1, -0.05) is 11.2 Å². The number of rotatable bonds is 6. The fourth-order valence-corrected chi connectivity index (χ4v) is 2.24. The van der Waals surface area contributed by atoms with Gasteiger partial charge in [-0.15, -0.1) is 0 Å². The van der Waals surface area contributed by atoms with E-state index < -0.39 is 0 Å². The van der Waals surface area contributed by atoms with Gasteiger partial charge in [-0.25, -0.2) is 0 Å². The average molecular weight is 330 g/mol. The topological polar surface area (TPSA) is 71.1 Å². The van der Waals surface area contributed by atoms with E-state index in [2.05, 4.69) is 21.1 Å². The predicted octanol–water partition coefficient (Wildman–Crippen LogP) is 2.40. The number of anilines is 1. The van der Waals surface area contributed by atoms with Gasteiger partial charge < -0.3 is 20.6 Å². The molecule has 1 aromatic rings. The number of hydrogen-bond donors (Lipinski definition) is 2. The molecule has 0 radical (unpaired) electrons. The molecule has 0 saturated carbocycles. The van der Waals surface area contributed by atoms with Gasteiger partial charge in [0.1, 0.15) is 0 Å². The van der Waals surface area contributed by atoms with Gasteiger partial charge in [0.2, 0.25) is 0 Å². The van der Waals surface area contributed by atoms with Crippen molar-refractivity contribution in [2.45, 2.75) is 20.0 Å². The van der Waals surface area contributed by atoms with Crippen LogP contribution < -0.4 is 10.6 Å². The minimum absolute atomic E-state index is 0.0825. The first-order valence-electron chi connectivity index (χ1n) is 6.06. The lowest BCUT2D eigenvalue weighted by Gasteiger charge is -2.23. The molecule has 1 rings (SSSR count). The first-order valence-corrected chi connectivity index (χ1v) is 6.85. The molecule has 0 aromatic heterocycles. The van der Waals surface area contributed by atoms with Crippen molar-refractivity contribution in [3.63, 3.8) is 0 Å². The second-order valence-electron chi connectivity index (χ2n) is 4.46. The van der Waals surface area contributed by atoms with Gasteiger partial charge in [0.05, 0.1) is 18.3 Å². The highest BCUT2D eigenvalue weighted by Crippen LogP contribution is 2.27. The molecule has 0 bridgehead atoms. The summed E-state index contributed by atoms with van der Waals surface area (Å²) in [5.74, 6) is 0.0825. The SMILES string of the molecule is CC(C)OCCN(C)c1cccc(Br)c1/C(N)=N/O. The standard InChI is InChI=1S/C13H20BrN3O2/c1-9(2)19-8-7-17(3)11-6-4-5-10(14)12(11)13(15)16-18/h4-6,9,18H,7-8H2,1-3H3,(H2,15,16). The van der Waals surface area contributed by atoms with Crippen molar-refractivity contribution >= 4 is 27.5 Å². The lowest BCUT2D eigenvalue weighted by atomic mass is 10.1.